The molecule has 0 aliphatic carbocycles. The Morgan fingerprint density at radius 3 is 2.52 bits per heavy atom. The van der Waals surface area contributed by atoms with Gasteiger partial charge in [0.25, 0.3) is 0 Å². The van der Waals surface area contributed by atoms with E-state index in [1.165, 1.54) is 0 Å². The summed E-state index contributed by atoms with van der Waals surface area (Å²) in [4.78, 5) is 24.8. The normalized spacial score (nSPS) is 16.6. The number of fused-ring (bicyclic) bond motifs is 1. The summed E-state index contributed by atoms with van der Waals surface area (Å²) >= 11 is 0. The molecule has 0 fully saturated rings. The van der Waals surface area contributed by atoms with E-state index in [9.17, 15) is 9.59 Å². The van der Waals surface area contributed by atoms with Crippen molar-refractivity contribution < 1.29 is 18.8 Å². The van der Waals surface area contributed by atoms with Crippen LogP contribution >= 0.6 is 0 Å². The first-order valence-corrected chi connectivity index (χ1v) is 13.4. The molecule has 1 aromatic carbocycles. The lowest BCUT2D eigenvalue weighted by molar-refractivity contribution is -0.117. The Balaban J connectivity index is 2.10. The summed E-state index contributed by atoms with van der Waals surface area (Å²) in [6, 6.07) is 4.81. The van der Waals surface area contributed by atoms with Gasteiger partial charge in [0.05, 0.1) is 23.5 Å². The van der Waals surface area contributed by atoms with Gasteiger partial charge >= 0.3 is 6.09 Å². The van der Waals surface area contributed by atoms with Gasteiger partial charge in [0.2, 0.25) is 5.91 Å². The van der Waals surface area contributed by atoms with Crippen LogP contribution in [-0.4, -0.2) is 45.1 Å². The number of ether oxygens (including phenoxy) is 1. The van der Waals surface area contributed by atoms with Crippen molar-refractivity contribution in [3.8, 4) is 11.8 Å². The highest BCUT2D eigenvalue weighted by atomic mass is 28.4. The molecule has 0 bridgehead atoms. The average molecular weight is 446 g/mol. The van der Waals surface area contributed by atoms with Gasteiger partial charge in [-0.2, -0.15) is 0 Å². The number of hydrogen-bond acceptors (Lipinski definition) is 5. The number of benzene rings is 1. The first-order valence-electron chi connectivity index (χ1n) is 10.5. The third kappa shape index (κ3) is 7.01. The van der Waals surface area contributed by atoms with Crippen LogP contribution in [0.2, 0.25) is 18.1 Å². The number of nitrogens with one attached hydrogen (secondary N) is 3. The van der Waals surface area contributed by atoms with Gasteiger partial charge in [-0.15, -0.1) is 0 Å². The zero-order valence-electron chi connectivity index (χ0n) is 19.9. The van der Waals surface area contributed by atoms with Crippen LogP contribution < -0.4 is 16.0 Å². The van der Waals surface area contributed by atoms with E-state index in [4.69, 9.17) is 9.16 Å². The number of hydrogen-bond donors (Lipinski definition) is 3. The fourth-order valence-electron chi connectivity index (χ4n) is 2.58. The molecule has 0 saturated heterocycles. The Hall–Kier alpha value is -2.50. The molecule has 0 saturated carbocycles. The van der Waals surface area contributed by atoms with Gasteiger partial charge in [0.15, 0.2) is 8.32 Å². The molecule has 0 aromatic heterocycles. The zero-order valence-corrected chi connectivity index (χ0v) is 20.9. The molecule has 1 heterocycles. The lowest BCUT2D eigenvalue weighted by atomic mass is 10.1. The smallest absolute Gasteiger partial charge is 0.408 e. The minimum atomic E-state index is -1.87. The summed E-state index contributed by atoms with van der Waals surface area (Å²) in [5, 5.41) is 8.82. The summed E-state index contributed by atoms with van der Waals surface area (Å²) in [5.74, 6) is 5.86. The maximum atomic E-state index is 12.7. The molecule has 1 aliphatic rings. The van der Waals surface area contributed by atoms with Crippen LogP contribution in [0.3, 0.4) is 0 Å². The Morgan fingerprint density at radius 2 is 1.90 bits per heavy atom. The summed E-state index contributed by atoms with van der Waals surface area (Å²) in [7, 11) is -1.87. The predicted molar refractivity (Wildman–Crippen MR) is 127 cm³/mol. The molecule has 0 unspecified atom stereocenters. The first-order chi connectivity index (χ1) is 14.2. The van der Waals surface area contributed by atoms with Crippen molar-refractivity contribution in [2.24, 2.45) is 0 Å². The van der Waals surface area contributed by atoms with Gasteiger partial charge in [-0.25, -0.2) is 4.79 Å². The quantitative estimate of drug-likeness (QED) is 0.476. The van der Waals surface area contributed by atoms with Crippen molar-refractivity contribution in [1.82, 2.24) is 5.32 Å². The topological polar surface area (TPSA) is 88.7 Å². The van der Waals surface area contributed by atoms with E-state index in [2.05, 4.69) is 61.7 Å². The molecule has 8 heteroatoms. The van der Waals surface area contributed by atoms with Crippen molar-refractivity contribution in [2.75, 3.05) is 23.8 Å². The molecule has 31 heavy (non-hydrogen) atoms. The molecule has 1 aromatic rings. The van der Waals surface area contributed by atoms with Crippen LogP contribution in [0.25, 0.3) is 0 Å². The molecule has 7 nitrogen and oxygen atoms in total. The van der Waals surface area contributed by atoms with Gasteiger partial charge in [0, 0.05) is 6.54 Å². The molecule has 2 rings (SSSR count). The van der Waals surface area contributed by atoms with Crippen LogP contribution in [-0.2, 0) is 14.0 Å². The molecule has 1 atom stereocenters. The second-order valence-corrected chi connectivity index (χ2v) is 15.0. The minimum absolute atomic E-state index is 0.118. The SMILES string of the molecule is CC(C)(C)OC(=O)N[C@H]1CNc2cccc(C#CCO[Si](C)(C)C(C)(C)C)c2NC1=O. The van der Waals surface area contributed by atoms with E-state index in [1.54, 1.807) is 20.8 Å². The fourth-order valence-corrected chi connectivity index (χ4v) is 3.45. The molecule has 0 radical (unpaired) electrons. The maximum absolute atomic E-state index is 12.7. The number of anilines is 2. The van der Waals surface area contributed by atoms with E-state index in [0.29, 0.717) is 17.9 Å². The van der Waals surface area contributed by atoms with Gasteiger partial charge < -0.3 is 25.1 Å². The number of carbonyl (C=O) groups is 2. The van der Waals surface area contributed by atoms with Gasteiger partial charge in [0.1, 0.15) is 11.6 Å². The van der Waals surface area contributed by atoms with E-state index in [1.807, 2.05) is 18.2 Å². The summed E-state index contributed by atoms with van der Waals surface area (Å²) in [6.07, 6.45) is -0.636. The molecule has 3 N–H and O–H groups in total. The third-order valence-electron chi connectivity index (χ3n) is 5.35. The van der Waals surface area contributed by atoms with E-state index >= 15 is 0 Å². The Bertz CT molecular complexity index is 889. The molecular formula is C23H35N3O4Si. The zero-order chi connectivity index (χ0) is 23.4. The highest BCUT2D eigenvalue weighted by molar-refractivity contribution is 6.74. The van der Waals surface area contributed by atoms with Crippen LogP contribution in [0.15, 0.2) is 18.2 Å². The number of rotatable bonds is 3. The van der Waals surface area contributed by atoms with Gasteiger partial charge in [-0.3, -0.25) is 4.79 Å². The van der Waals surface area contributed by atoms with E-state index in [0.717, 1.165) is 5.69 Å². The lowest BCUT2D eigenvalue weighted by Crippen LogP contribution is -2.48. The third-order valence-corrected chi connectivity index (χ3v) is 9.83. The number of para-hydroxylation sites is 1. The van der Waals surface area contributed by atoms with Crippen LogP contribution in [0.5, 0.6) is 0 Å². The Morgan fingerprint density at radius 1 is 1.23 bits per heavy atom. The molecule has 2 amide bonds. The second-order valence-electron chi connectivity index (χ2n) is 10.1. The highest BCUT2D eigenvalue weighted by Crippen LogP contribution is 2.36. The molecule has 0 spiro atoms. The van der Waals surface area contributed by atoms with Crippen molar-refractivity contribution in [3.05, 3.63) is 23.8 Å². The maximum Gasteiger partial charge on any atom is 0.408 e. The lowest BCUT2D eigenvalue weighted by Gasteiger charge is -2.35. The summed E-state index contributed by atoms with van der Waals surface area (Å²) < 4.78 is 11.4. The van der Waals surface area contributed by atoms with Crippen molar-refractivity contribution >= 4 is 31.7 Å². The number of amides is 2. The van der Waals surface area contributed by atoms with Crippen LogP contribution in [0, 0.1) is 11.8 Å². The number of carbonyl (C=O) groups excluding carboxylic acids is 2. The Labute approximate surface area is 186 Å². The standard InChI is InChI=1S/C23H35N3O4Si/c1-22(2,3)30-21(28)25-18-15-24-17-13-9-11-16(19(17)26-20(18)27)12-10-14-29-31(7,8)23(4,5)6/h9,11,13,18,24H,14-15H2,1-8H3,(H,25,28)(H,26,27)/t18-/m0/s1. The van der Waals surface area contributed by atoms with E-state index < -0.39 is 26.1 Å². The molecular weight excluding hydrogens is 410 g/mol. The largest absolute Gasteiger partial charge is 0.444 e. The number of alkyl carbamates (subject to hydrolysis) is 1. The minimum Gasteiger partial charge on any atom is -0.444 e. The van der Waals surface area contributed by atoms with Crippen molar-refractivity contribution in [1.29, 1.82) is 0 Å². The monoisotopic (exact) mass is 445 g/mol. The first kappa shape index (κ1) is 24.8. The fraction of sp³-hybridized carbons (Fsp3) is 0.565. The van der Waals surface area contributed by atoms with Gasteiger partial charge in [-0.05, 0) is 51.0 Å². The van der Waals surface area contributed by atoms with Crippen molar-refractivity contribution in [3.63, 3.8) is 0 Å². The Kier molecular flexibility index (Phi) is 7.45. The average Bonchev–Trinajstić information content (AvgIpc) is 2.76. The van der Waals surface area contributed by atoms with Crippen molar-refractivity contribution in [2.45, 2.75) is 71.3 Å². The van der Waals surface area contributed by atoms with Crippen LogP contribution in [0.1, 0.15) is 47.1 Å². The molecule has 1 aliphatic heterocycles. The highest BCUT2D eigenvalue weighted by Gasteiger charge is 2.36. The molecule has 170 valence electrons. The van der Waals surface area contributed by atoms with E-state index in [-0.39, 0.29) is 17.5 Å². The predicted octanol–water partition coefficient (Wildman–Crippen LogP) is 4.32. The van der Waals surface area contributed by atoms with Crippen LogP contribution in [0.4, 0.5) is 16.2 Å². The second kappa shape index (κ2) is 9.33. The summed E-state index contributed by atoms with van der Waals surface area (Å²) in [5.41, 5.74) is 1.39. The van der Waals surface area contributed by atoms with Gasteiger partial charge in [-0.1, -0.05) is 38.7 Å². The summed E-state index contributed by atoms with van der Waals surface area (Å²) in [6.45, 7) is 16.8.